The Kier molecular flexibility index (Phi) is 5.54. The van der Waals surface area contributed by atoms with Crippen LogP contribution in [0.4, 0.5) is 24.7 Å². The zero-order valence-electron chi connectivity index (χ0n) is 17.1. The Bertz CT molecular complexity index is 937. The molecule has 2 aromatic heterocycles. The van der Waals surface area contributed by atoms with Gasteiger partial charge in [0.1, 0.15) is 12.0 Å². The van der Waals surface area contributed by atoms with Gasteiger partial charge in [-0.1, -0.05) is 0 Å². The first-order valence-electron chi connectivity index (χ1n) is 10.2. The van der Waals surface area contributed by atoms with Crippen molar-refractivity contribution in [3.8, 4) is 5.88 Å². The van der Waals surface area contributed by atoms with E-state index in [1.807, 2.05) is 19.9 Å². The monoisotopic (exact) mass is 439 g/mol. The number of aromatic amines is 1. The zero-order chi connectivity index (χ0) is 22.3. The number of H-pyrrole nitrogens is 1. The lowest BCUT2D eigenvalue weighted by molar-refractivity contribution is -0.177. The SMILES string of the molecule is CC(C)Oc1ccc(N2CCC(c3[nH]nc4c3[C@@H](C(F)(F)F)[C@@H](O)C(=O)N4)CC2)cn1. The van der Waals surface area contributed by atoms with Crippen molar-refractivity contribution in [2.45, 2.75) is 56.9 Å². The summed E-state index contributed by atoms with van der Waals surface area (Å²) in [4.78, 5) is 18.2. The minimum absolute atomic E-state index is 0.0262. The maximum atomic E-state index is 13.7. The molecule has 0 radical (unpaired) electrons. The minimum Gasteiger partial charge on any atom is -0.475 e. The van der Waals surface area contributed by atoms with Crippen LogP contribution >= 0.6 is 0 Å². The van der Waals surface area contributed by atoms with E-state index in [-0.39, 0.29) is 23.4 Å². The number of hydrogen-bond acceptors (Lipinski definition) is 6. The molecule has 11 heteroatoms. The standard InChI is InChI=1S/C20H24F3N5O3/c1-10(2)31-13-4-3-12(9-24-13)28-7-5-11(6-8-28)16-14-15(20(21,22)23)17(29)19(30)25-18(14)27-26-16/h3-4,9-11,15,17,29H,5-8H2,1-2H3,(H2,25,26,27,30)/t15-,17-/m1/s1. The Morgan fingerprint density at radius 2 is 1.97 bits per heavy atom. The number of halogens is 3. The van der Waals surface area contributed by atoms with Gasteiger partial charge in [-0.15, -0.1) is 0 Å². The molecule has 8 nitrogen and oxygen atoms in total. The highest BCUT2D eigenvalue weighted by Gasteiger charge is 2.53. The smallest absolute Gasteiger partial charge is 0.398 e. The molecule has 2 aliphatic heterocycles. The maximum Gasteiger partial charge on any atom is 0.398 e. The molecular formula is C20H24F3N5O3. The summed E-state index contributed by atoms with van der Waals surface area (Å²) in [5, 5.41) is 18.8. The topological polar surface area (TPSA) is 103 Å². The van der Waals surface area contributed by atoms with Crippen LogP contribution in [0.2, 0.25) is 0 Å². The third-order valence-electron chi connectivity index (χ3n) is 5.67. The molecule has 2 atom stereocenters. The molecule has 4 heterocycles. The van der Waals surface area contributed by atoms with Crippen LogP contribution in [0.1, 0.15) is 49.8 Å². The average Bonchev–Trinajstić information content (AvgIpc) is 3.11. The number of carbonyl (C=O) groups is 1. The number of aliphatic hydroxyl groups is 1. The van der Waals surface area contributed by atoms with E-state index in [9.17, 15) is 23.1 Å². The molecular weight excluding hydrogens is 415 g/mol. The highest BCUT2D eigenvalue weighted by atomic mass is 19.4. The minimum atomic E-state index is -4.77. The van der Waals surface area contributed by atoms with Gasteiger partial charge in [-0.25, -0.2) is 4.98 Å². The van der Waals surface area contributed by atoms with E-state index in [1.54, 1.807) is 12.3 Å². The Labute approximate surface area is 176 Å². The van der Waals surface area contributed by atoms with Gasteiger partial charge in [0, 0.05) is 36.3 Å². The van der Waals surface area contributed by atoms with Crippen molar-refractivity contribution in [1.29, 1.82) is 0 Å². The number of fused-ring (bicyclic) bond motifs is 1. The molecule has 4 rings (SSSR count). The number of aromatic nitrogens is 3. The molecule has 0 saturated carbocycles. The second-order valence-electron chi connectivity index (χ2n) is 8.14. The molecule has 168 valence electrons. The molecule has 1 amide bonds. The molecule has 0 spiro atoms. The third kappa shape index (κ3) is 4.18. The zero-order valence-corrected chi connectivity index (χ0v) is 17.1. The van der Waals surface area contributed by atoms with E-state index >= 15 is 0 Å². The van der Waals surface area contributed by atoms with E-state index in [1.165, 1.54) is 0 Å². The molecule has 0 aliphatic carbocycles. The molecule has 3 N–H and O–H groups in total. The molecule has 1 saturated heterocycles. The summed E-state index contributed by atoms with van der Waals surface area (Å²) in [6.07, 6.45) is -4.03. The van der Waals surface area contributed by atoms with E-state index < -0.39 is 24.1 Å². The Balaban J connectivity index is 1.50. The number of pyridine rings is 1. The van der Waals surface area contributed by atoms with Crippen molar-refractivity contribution in [3.05, 3.63) is 29.6 Å². The van der Waals surface area contributed by atoms with Gasteiger partial charge in [-0.05, 0) is 32.8 Å². The number of amides is 1. The number of alkyl halides is 3. The van der Waals surface area contributed by atoms with E-state index in [4.69, 9.17) is 4.74 Å². The molecule has 2 aliphatic rings. The number of ether oxygens (including phenoxy) is 1. The fraction of sp³-hybridized carbons (Fsp3) is 0.550. The lowest BCUT2D eigenvalue weighted by atomic mass is 9.83. The summed E-state index contributed by atoms with van der Waals surface area (Å²) >= 11 is 0. The van der Waals surface area contributed by atoms with Gasteiger partial charge >= 0.3 is 6.18 Å². The Morgan fingerprint density at radius 3 is 2.55 bits per heavy atom. The quantitative estimate of drug-likeness (QED) is 0.677. The van der Waals surface area contributed by atoms with Crippen LogP contribution in [-0.4, -0.2) is 57.7 Å². The third-order valence-corrected chi connectivity index (χ3v) is 5.67. The molecule has 0 aromatic carbocycles. The second-order valence-corrected chi connectivity index (χ2v) is 8.14. The number of rotatable bonds is 4. The van der Waals surface area contributed by atoms with E-state index in [0.29, 0.717) is 37.5 Å². The van der Waals surface area contributed by atoms with Gasteiger partial charge < -0.3 is 20.1 Å². The van der Waals surface area contributed by atoms with Gasteiger partial charge in [0.25, 0.3) is 5.91 Å². The van der Waals surface area contributed by atoms with Crippen molar-refractivity contribution < 1.29 is 27.8 Å². The highest BCUT2D eigenvalue weighted by molar-refractivity contribution is 5.97. The number of aliphatic hydroxyl groups excluding tert-OH is 1. The largest absolute Gasteiger partial charge is 0.475 e. The van der Waals surface area contributed by atoms with Crippen LogP contribution in [0.25, 0.3) is 0 Å². The van der Waals surface area contributed by atoms with Crippen LogP contribution in [0.5, 0.6) is 5.88 Å². The van der Waals surface area contributed by atoms with Gasteiger partial charge in [-0.3, -0.25) is 9.89 Å². The summed E-state index contributed by atoms with van der Waals surface area (Å²) in [6, 6.07) is 3.71. The Morgan fingerprint density at radius 1 is 1.26 bits per heavy atom. The highest BCUT2D eigenvalue weighted by Crippen LogP contribution is 2.47. The molecule has 0 bridgehead atoms. The maximum absolute atomic E-state index is 13.7. The van der Waals surface area contributed by atoms with E-state index in [2.05, 4.69) is 25.4 Å². The summed E-state index contributed by atoms with van der Waals surface area (Å²) in [5.74, 6) is -3.20. The summed E-state index contributed by atoms with van der Waals surface area (Å²) < 4.78 is 46.5. The lowest BCUT2D eigenvalue weighted by Gasteiger charge is -2.35. The number of nitrogens with zero attached hydrogens (tertiary/aromatic N) is 3. The number of hydrogen-bond donors (Lipinski definition) is 3. The molecule has 1 fully saturated rings. The molecule has 0 unspecified atom stereocenters. The van der Waals surface area contributed by atoms with Crippen molar-refractivity contribution >= 4 is 17.4 Å². The second kappa shape index (κ2) is 8.03. The van der Waals surface area contributed by atoms with Crippen LogP contribution in [0.3, 0.4) is 0 Å². The first-order valence-corrected chi connectivity index (χ1v) is 10.2. The lowest BCUT2D eigenvalue weighted by Crippen LogP contribution is -2.44. The van der Waals surface area contributed by atoms with Crippen molar-refractivity contribution in [2.75, 3.05) is 23.3 Å². The first-order chi connectivity index (χ1) is 14.6. The Hall–Kier alpha value is -2.82. The van der Waals surface area contributed by atoms with Crippen LogP contribution in [0, 0.1) is 0 Å². The van der Waals surface area contributed by atoms with Crippen molar-refractivity contribution in [3.63, 3.8) is 0 Å². The van der Waals surface area contributed by atoms with Crippen LogP contribution in [0.15, 0.2) is 18.3 Å². The van der Waals surface area contributed by atoms with Crippen LogP contribution in [-0.2, 0) is 4.79 Å². The normalized spacial score (nSPS) is 22.4. The van der Waals surface area contributed by atoms with Crippen molar-refractivity contribution in [1.82, 2.24) is 15.2 Å². The fourth-order valence-corrected chi connectivity index (χ4v) is 4.23. The fourth-order valence-electron chi connectivity index (χ4n) is 4.23. The van der Waals surface area contributed by atoms with E-state index in [0.717, 1.165) is 5.69 Å². The number of carbonyl (C=O) groups excluding carboxylic acids is 1. The van der Waals surface area contributed by atoms with Gasteiger partial charge in [0.05, 0.1) is 18.0 Å². The first kappa shape index (κ1) is 21.4. The number of nitrogens with one attached hydrogen (secondary N) is 2. The van der Waals surface area contributed by atoms with Crippen molar-refractivity contribution in [2.24, 2.45) is 0 Å². The number of piperidine rings is 1. The summed E-state index contributed by atoms with van der Waals surface area (Å²) in [6.45, 7) is 5.08. The molecule has 31 heavy (non-hydrogen) atoms. The summed E-state index contributed by atoms with van der Waals surface area (Å²) in [5.41, 5.74) is 1.08. The van der Waals surface area contributed by atoms with Gasteiger partial charge in [0.2, 0.25) is 5.88 Å². The summed E-state index contributed by atoms with van der Waals surface area (Å²) in [7, 11) is 0. The van der Waals surface area contributed by atoms with Gasteiger partial charge in [0.15, 0.2) is 5.82 Å². The molecule has 2 aromatic rings. The number of anilines is 2. The average molecular weight is 439 g/mol. The predicted molar refractivity (Wildman–Crippen MR) is 106 cm³/mol. The van der Waals surface area contributed by atoms with Crippen LogP contribution < -0.4 is 15.0 Å². The van der Waals surface area contributed by atoms with Gasteiger partial charge in [-0.2, -0.15) is 18.3 Å². The predicted octanol–water partition coefficient (Wildman–Crippen LogP) is 2.93.